The summed E-state index contributed by atoms with van der Waals surface area (Å²) in [6, 6.07) is 3.27. The molecule has 0 spiro atoms. The Labute approximate surface area is 468 Å². The molecular formula is C52H76N8O21. The summed E-state index contributed by atoms with van der Waals surface area (Å²) in [6.45, 7) is 16.0. The van der Waals surface area contributed by atoms with E-state index in [2.05, 4.69) is 55.7 Å². The van der Waals surface area contributed by atoms with Gasteiger partial charge in [0.1, 0.15) is 52.9 Å². The Hall–Kier alpha value is -8.50. The van der Waals surface area contributed by atoms with Gasteiger partial charge >= 0.3 is 71.9 Å². The van der Waals surface area contributed by atoms with E-state index in [1.54, 1.807) is 52.0 Å². The molecule has 29 nitrogen and oxygen atoms in total. The standard InChI is InChI=1S/C26H42N4O11.C26H34N4O10/c1-15(2)23(33)39-11-9-37-21(31)5-7-27-25(35)29-17-13-19-20(41-19)14-18(17)30-26(36)28-8-6-22(32)38-10-12-40-24(34)16(3)4;1-17(2)23(33)39-15-13-37-21(31)9-11-27-25(35)29-19-7-5-6-8-20(19)30-26(36)28-12-10-22(32)38-14-16-40-24(34)18(3)4/h15-20H,5-14H2,1-4H3,(H2,27,29,35)(H2,28,30,36);5-8H,1,3,9-16H2,2,4H3,(H2,27,29,35)(H2,28,30,36). The predicted molar refractivity (Wildman–Crippen MR) is 284 cm³/mol. The molecule has 0 radical (unpaired) electrons. The van der Waals surface area contributed by atoms with Crippen LogP contribution in [0.3, 0.4) is 0 Å². The number of nitrogens with one attached hydrogen (secondary N) is 8. The number of hydrogen-bond acceptors (Lipinski definition) is 21. The van der Waals surface area contributed by atoms with E-state index in [1.807, 2.05) is 0 Å². The van der Waals surface area contributed by atoms with E-state index in [0.29, 0.717) is 12.8 Å². The molecule has 81 heavy (non-hydrogen) atoms. The van der Waals surface area contributed by atoms with Crippen molar-refractivity contribution in [2.24, 2.45) is 11.8 Å². The number of carbonyl (C=O) groups is 12. The molecule has 1 aromatic rings. The molecule has 1 aliphatic heterocycles. The fourth-order valence-corrected chi connectivity index (χ4v) is 6.37. The van der Waals surface area contributed by atoms with Gasteiger partial charge in [0, 0.05) is 37.3 Å². The predicted octanol–water partition coefficient (Wildman–Crippen LogP) is 2.18. The molecule has 1 heterocycles. The van der Waals surface area contributed by atoms with Gasteiger partial charge in [0.25, 0.3) is 0 Å². The first-order valence-electron chi connectivity index (χ1n) is 26.0. The Kier molecular flexibility index (Phi) is 32.3. The van der Waals surface area contributed by atoms with Gasteiger partial charge in [-0.1, -0.05) is 53.0 Å². The summed E-state index contributed by atoms with van der Waals surface area (Å²) in [5, 5.41) is 20.9. The van der Waals surface area contributed by atoms with Gasteiger partial charge < -0.3 is 85.2 Å². The zero-order chi connectivity index (χ0) is 60.3. The summed E-state index contributed by atoms with van der Waals surface area (Å²) in [4.78, 5) is 141. The van der Waals surface area contributed by atoms with Gasteiger partial charge in [-0.3, -0.25) is 28.8 Å². The average Bonchev–Trinajstić information content (AvgIpc) is 4.27. The number of ether oxygens (including phenoxy) is 9. The highest BCUT2D eigenvalue weighted by atomic mass is 16.6. The largest absolute Gasteiger partial charge is 0.462 e. The molecule has 1 saturated heterocycles. The molecule has 2 fully saturated rings. The molecule has 8 N–H and O–H groups in total. The molecule has 1 aromatic carbocycles. The van der Waals surface area contributed by atoms with Crippen LogP contribution in [0.1, 0.15) is 80.1 Å². The van der Waals surface area contributed by atoms with Crippen LogP contribution in [0.15, 0.2) is 48.6 Å². The SMILES string of the molecule is C=C(C)C(=O)OCCOC(=O)CCNC(=O)Nc1ccccc1NC(=O)NCCC(=O)OCCOC(=O)C(=C)C.CC(C)C(=O)OCCOC(=O)CCNC(=O)NC1CC2OC2CC1NC(=O)NCCC(=O)OCCOC(=O)C(C)C. The molecule has 3 rings (SSSR count). The molecule has 4 unspecified atom stereocenters. The first-order valence-corrected chi connectivity index (χ1v) is 26.0. The summed E-state index contributed by atoms with van der Waals surface area (Å²) in [7, 11) is 0. The van der Waals surface area contributed by atoms with E-state index < -0.39 is 72.0 Å². The number of amides is 8. The maximum atomic E-state index is 12.4. The second kappa shape index (κ2) is 38.2. The minimum absolute atomic E-state index is 0.00997. The van der Waals surface area contributed by atoms with Gasteiger partial charge in [-0.2, -0.15) is 0 Å². The van der Waals surface area contributed by atoms with Crippen LogP contribution < -0.4 is 42.5 Å². The van der Waals surface area contributed by atoms with Gasteiger partial charge in [-0.25, -0.2) is 28.8 Å². The second-order valence-electron chi connectivity index (χ2n) is 18.4. The molecule has 0 aromatic heterocycles. The van der Waals surface area contributed by atoms with Crippen LogP contribution in [0.4, 0.5) is 30.6 Å². The first kappa shape index (κ1) is 68.6. The van der Waals surface area contributed by atoms with Crippen molar-refractivity contribution in [2.45, 2.75) is 104 Å². The quantitative estimate of drug-likeness (QED) is 0.0168. The molecule has 0 bridgehead atoms. The molecule has 2 aliphatic rings. The fourth-order valence-electron chi connectivity index (χ4n) is 6.37. The number of anilines is 2. The fraction of sp³-hybridized carbons (Fsp3) is 0.577. The number of carbonyl (C=O) groups excluding carboxylic acids is 12. The smallest absolute Gasteiger partial charge is 0.333 e. The zero-order valence-electron chi connectivity index (χ0n) is 46.5. The summed E-state index contributed by atoms with van der Waals surface area (Å²) < 4.78 is 44.7. The number of urea groups is 4. The van der Waals surface area contributed by atoms with E-state index in [1.165, 1.54) is 13.8 Å². The maximum absolute atomic E-state index is 12.4. The molecule has 1 saturated carbocycles. The lowest BCUT2D eigenvalue weighted by atomic mass is 9.90. The van der Waals surface area contributed by atoms with Crippen LogP contribution in [0.5, 0.6) is 0 Å². The lowest BCUT2D eigenvalue weighted by Crippen LogP contribution is -2.58. The van der Waals surface area contributed by atoms with Crippen LogP contribution >= 0.6 is 0 Å². The molecule has 29 heteroatoms. The van der Waals surface area contributed by atoms with Crippen molar-refractivity contribution in [1.82, 2.24) is 31.9 Å². The molecule has 4 atom stereocenters. The van der Waals surface area contributed by atoms with Crippen molar-refractivity contribution >= 4 is 83.3 Å². The maximum Gasteiger partial charge on any atom is 0.333 e. The number of fused-ring (bicyclic) bond motifs is 1. The average molecular weight is 1150 g/mol. The van der Waals surface area contributed by atoms with Gasteiger partial charge in [-0.05, 0) is 38.8 Å². The van der Waals surface area contributed by atoms with Crippen molar-refractivity contribution in [3.05, 3.63) is 48.6 Å². The summed E-state index contributed by atoms with van der Waals surface area (Å²) in [5.74, 6) is -4.76. The van der Waals surface area contributed by atoms with Crippen molar-refractivity contribution in [3.63, 3.8) is 0 Å². The lowest BCUT2D eigenvalue weighted by molar-refractivity contribution is -0.154. The van der Waals surface area contributed by atoms with Gasteiger partial charge in [0.2, 0.25) is 0 Å². The van der Waals surface area contributed by atoms with E-state index >= 15 is 0 Å². The second-order valence-corrected chi connectivity index (χ2v) is 18.4. The van der Waals surface area contributed by atoms with Crippen molar-refractivity contribution in [3.8, 4) is 0 Å². The van der Waals surface area contributed by atoms with Gasteiger partial charge in [0.15, 0.2) is 0 Å². The summed E-state index contributed by atoms with van der Waals surface area (Å²) >= 11 is 0. The highest BCUT2D eigenvalue weighted by Gasteiger charge is 2.49. The number of rotatable bonds is 32. The van der Waals surface area contributed by atoms with E-state index in [4.69, 9.17) is 42.6 Å². The minimum atomic E-state index is -0.630. The van der Waals surface area contributed by atoms with E-state index in [9.17, 15) is 57.5 Å². The summed E-state index contributed by atoms with van der Waals surface area (Å²) in [5.41, 5.74) is 1.02. The monoisotopic (exact) mass is 1150 g/mol. The van der Waals surface area contributed by atoms with Gasteiger partial charge in [-0.15, -0.1) is 0 Å². The Balaban J connectivity index is 0.000000554. The van der Waals surface area contributed by atoms with Crippen molar-refractivity contribution < 1.29 is 100 Å². The number of benzene rings is 1. The lowest BCUT2D eigenvalue weighted by Gasteiger charge is -2.30. The van der Waals surface area contributed by atoms with Gasteiger partial charge in [0.05, 0.1) is 73.2 Å². The minimum Gasteiger partial charge on any atom is -0.462 e. The van der Waals surface area contributed by atoms with Crippen LogP contribution in [0, 0.1) is 11.8 Å². The highest BCUT2D eigenvalue weighted by molar-refractivity contribution is 5.98. The van der Waals surface area contributed by atoms with Crippen LogP contribution in [-0.4, -0.2) is 175 Å². The first-order chi connectivity index (χ1) is 38.4. The van der Waals surface area contributed by atoms with Crippen molar-refractivity contribution in [1.29, 1.82) is 0 Å². The van der Waals surface area contributed by atoms with E-state index in [-0.39, 0.29) is 163 Å². The Morgan fingerprint density at radius 2 is 0.741 bits per heavy atom. The third-order valence-corrected chi connectivity index (χ3v) is 10.6. The van der Waals surface area contributed by atoms with Crippen molar-refractivity contribution in [2.75, 3.05) is 89.7 Å². The third-order valence-electron chi connectivity index (χ3n) is 10.6. The van der Waals surface area contributed by atoms with E-state index in [0.717, 1.165) is 0 Å². The topological polar surface area (TPSA) is 387 Å². The number of hydrogen-bond donors (Lipinski definition) is 8. The Bertz CT molecular complexity index is 2190. The number of para-hydroxylation sites is 2. The molecule has 450 valence electrons. The molecule has 1 aliphatic carbocycles. The molecular weight excluding hydrogens is 1070 g/mol. The zero-order valence-corrected chi connectivity index (χ0v) is 46.5. The summed E-state index contributed by atoms with van der Waals surface area (Å²) in [6.07, 6.45) is 0.658. The Morgan fingerprint density at radius 1 is 0.457 bits per heavy atom. The Morgan fingerprint density at radius 3 is 1.04 bits per heavy atom. The number of esters is 8. The van der Waals surface area contributed by atoms with Crippen LogP contribution in [0.2, 0.25) is 0 Å². The van der Waals surface area contributed by atoms with Crippen LogP contribution in [0.25, 0.3) is 0 Å². The molecule has 8 amide bonds. The normalized spacial score (nSPS) is 15.4. The third kappa shape index (κ3) is 31.6. The highest BCUT2D eigenvalue weighted by Crippen LogP contribution is 2.36. The van der Waals surface area contributed by atoms with Crippen LogP contribution in [-0.2, 0) is 81.0 Å². The number of epoxide rings is 1.